The topological polar surface area (TPSA) is 78.7 Å². The Kier molecular flexibility index (Phi) is 5.59. The van der Waals surface area contributed by atoms with Gasteiger partial charge >= 0.3 is 5.97 Å². The zero-order chi connectivity index (χ0) is 16.8. The summed E-state index contributed by atoms with van der Waals surface area (Å²) in [6.45, 7) is 1.89. The molecule has 0 aliphatic rings. The number of benzene rings is 2. The van der Waals surface area contributed by atoms with Crippen molar-refractivity contribution in [1.82, 2.24) is 0 Å². The third kappa shape index (κ3) is 4.23. The number of ether oxygens (including phenoxy) is 2. The molecule has 6 nitrogen and oxygen atoms in total. The Morgan fingerprint density at radius 1 is 1.22 bits per heavy atom. The number of rotatable bonds is 6. The molecule has 0 saturated heterocycles. The SMILES string of the molecule is CCOC(=O)c1cc([N+](=O)[O-])ccc1Sc1ccc(OC)cc1. The van der Waals surface area contributed by atoms with Crippen LogP contribution >= 0.6 is 11.8 Å². The lowest BCUT2D eigenvalue weighted by Crippen LogP contribution is -2.07. The van der Waals surface area contributed by atoms with Gasteiger partial charge in [-0.2, -0.15) is 0 Å². The molecule has 0 saturated carbocycles. The lowest BCUT2D eigenvalue weighted by atomic mass is 10.2. The fourth-order valence-electron chi connectivity index (χ4n) is 1.86. The van der Waals surface area contributed by atoms with Crippen LogP contribution in [0.5, 0.6) is 5.75 Å². The normalized spacial score (nSPS) is 10.2. The minimum Gasteiger partial charge on any atom is -0.497 e. The van der Waals surface area contributed by atoms with E-state index in [1.54, 1.807) is 32.2 Å². The van der Waals surface area contributed by atoms with Crippen LogP contribution in [0.4, 0.5) is 5.69 Å². The first-order chi connectivity index (χ1) is 11.0. The highest BCUT2D eigenvalue weighted by Crippen LogP contribution is 2.33. The van der Waals surface area contributed by atoms with Crippen molar-refractivity contribution in [2.75, 3.05) is 13.7 Å². The van der Waals surface area contributed by atoms with Crippen LogP contribution in [-0.4, -0.2) is 24.6 Å². The van der Waals surface area contributed by atoms with Gasteiger partial charge in [0.2, 0.25) is 0 Å². The quantitative estimate of drug-likeness (QED) is 0.453. The number of nitro benzene ring substituents is 1. The predicted octanol–water partition coefficient (Wildman–Crippen LogP) is 3.93. The maximum atomic E-state index is 12.1. The maximum Gasteiger partial charge on any atom is 0.339 e. The van der Waals surface area contributed by atoms with Gasteiger partial charge in [-0.15, -0.1) is 0 Å². The second-order valence-electron chi connectivity index (χ2n) is 4.44. The molecule has 0 heterocycles. The average Bonchev–Trinajstić information content (AvgIpc) is 2.56. The summed E-state index contributed by atoms with van der Waals surface area (Å²) < 4.78 is 10.1. The van der Waals surface area contributed by atoms with Crippen LogP contribution in [0.25, 0.3) is 0 Å². The van der Waals surface area contributed by atoms with E-state index in [2.05, 4.69) is 0 Å². The molecule has 0 aromatic heterocycles. The molecule has 0 aliphatic carbocycles. The molecule has 2 aromatic carbocycles. The van der Waals surface area contributed by atoms with Gasteiger partial charge in [0, 0.05) is 21.9 Å². The first kappa shape index (κ1) is 16.8. The fourth-order valence-corrected chi connectivity index (χ4v) is 2.77. The lowest BCUT2D eigenvalue weighted by molar-refractivity contribution is -0.384. The molecule has 2 rings (SSSR count). The summed E-state index contributed by atoms with van der Waals surface area (Å²) in [5, 5.41) is 10.9. The number of non-ortho nitro benzene ring substituents is 1. The van der Waals surface area contributed by atoms with Gasteiger partial charge in [-0.3, -0.25) is 10.1 Å². The summed E-state index contributed by atoms with van der Waals surface area (Å²) in [6.07, 6.45) is 0. The van der Waals surface area contributed by atoms with E-state index < -0.39 is 10.9 Å². The number of nitro groups is 1. The summed E-state index contributed by atoms with van der Waals surface area (Å²) in [5.74, 6) is 0.149. The number of hydrogen-bond donors (Lipinski definition) is 0. The van der Waals surface area contributed by atoms with Crippen LogP contribution in [0.2, 0.25) is 0 Å². The third-order valence-electron chi connectivity index (χ3n) is 2.96. The fraction of sp³-hybridized carbons (Fsp3) is 0.188. The molecule has 0 atom stereocenters. The highest BCUT2D eigenvalue weighted by atomic mass is 32.2. The second kappa shape index (κ2) is 7.64. The van der Waals surface area contributed by atoms with Gasteiger partial charge in [0.1, 0.15) is 5.75 Å². The van der Waals surface area contributed by atoms with Crippen molar-refractivity contribution in [3.63, 3.8) is 0 Å². The molecule has 0 bridgehead atoms. The number of carbonyl (C=O) groups is 1. The molecule has 0 N–H and O–H groups in total. The number of methoxy groups -OCH3 is 1. The first-order valence-corrected chi connectivity index (χ1v) is 7.64. The monoisotopic (exact) mass is 333 g/mol. The molecule has 0 aliphatic heterocycles. The van der Waals surface area contributed by atoms with E-state index in [4.69, 9.17) is 9.47 Å². The molecule has 0 fully saturated rings. The third-order valence-corrected chi connectivity index (χ3v) is 4.04. The van der Waals surface area contributed by atoms with Crippen molar-refractivity contribution < 1.29 is 19.2 Å². The predicted molar refractivity (Wildman–Crippen MR) is 86.2 cm³/mol. The molecular formula is C16H15NO5S. The molecule has 0 amide bonds. The molecule has 2 aromatic rings. The smallest absolute Gasteiger partial charge is 0.339 e. The first-order valence-electron chi connectivity index (χ1n) is 6.82. The van der Waals surface area contributed by atoms with Gasteiger partial charge < -0.3 is 9.47 Å². The van der Waals surface area contributed by atoms with E-state index in [-0.39, 0.29) is 17.9 Å². The Morgan fingerprint density at radius 3 is 2.48 bits per heavy atom. The minimum absolute atomic E-state index is 0.146. The summed E-state index contributed by atoms with van der Waals surface area (Å²) in [7, 11) is 1.58. The van der Waals surface area contributed by atoms with E-state index in [0.29, 0.717) is 4.90 Å². The van der Waals surface area contributed by atoms with E-state index in [1.165, 1.54) is 23.9 Å². The molecule has 120 valence electrons. The summed E-state index contributed by atoms with van der Waals surface area (Å²) >= 11 is 1.33. The molecule has 23 heavy (non-hydrogen) atoms. The minimum atomic E-state index is -0.577. The van der Waals surface area contributed by atoms with Gasteiger partial charge in [0.25, 0.3) is 5.69 Å². The Morgan fingerprint density at radius 2 is 1.91 bits per heavy atom. The van der Waals surface area contributed by atoms with Crippen molar-refractivity contribution in [2.45, 2.75) is 16.7 Å². The van der Waals surface area contributed by atoms with E-state index >= 15 is 0 Å². The Hall–Kier alpha value is -2.54. The van der Waals surface area contributed by atoms with Gasteiger partial charge in [0.05, 0.1) is 24.2 Å². The van der Waals surface area contributed by atoms with Gasteiger partial charge in [-0.1, -0.05) is 11.8 Å². The largest absolute Gasteiger partial charge is 0.497 e. The number of esters is 1. The van der Waals surface area contributed by atoms with E-state index in [1.807, 2.05) is 12.1 Å². The summed E-state index contributed by atoms with van der Waals surface area (Å²) in [5.41, 5.74) is 0.0361. The molecular weight excluding hydrogens is 318 g/mol. The number of nitrogens with zero attached hydrogens (tertiary/aromatic N) is 1. The Bertz CT molecular complexity index is 715. The van der Waals surface area contributed by atoms with Crippen molar-refractivity contribution >= 4 is 23.4 Å². The summed E-state index contributed by atoms with van der Waals surface area (Å²) in [4.78, 5) is 23.9. The van der Waals surface area contributed by atoms with Crippen LogP contribution in [0, 0.1) is 10.1 Å². The van der Waals surface area contributed by atoms with Gasteiger partial charge in [-0.05, 0) is 37.3 Å². The van der Waals surface area contributed by atoms with Gasteiger partial charge in [0.15, 0.2) is 0 Å². The van der Waals surface area contributed by atoms with Crippen molar-refractivity contribution in [3.05, 3.63) is 58.1 Å². The van der Waals surface area contributed by atoms with Gasteiger partial charge in [-0.25, -0.2) is 4.79 Å². The highest BCUT2D eigenvalue weighted by molar-refractivity contribution is 7.99. The molecule has 0 radical (unpaired) electrons. The zero-order valence-corrected chi connectivity index (χ0v) is 13.5. The van der Waals surface area contributed by atoms with Crippen LogP contribution < -0.4 is 4.74 Å². The summed E-state index contributed by atoms with van der Waals surface area (Å²) in [6, 6.07) is 11.5. The number of hydrogen-bond acceptors (Lipinski definition) is 6. The average molecular weight is 333 g/mol. The van der Waals surface area contributed by atoms with Crippen molar-refractivity contribution in [3.8, 4) is 5.75 Å². The van der Waals surface area contributed by atoms with Crippen LogP contribution in [0.1, 0.15) is 17.3 Å². The lowest BCUT2D eigenvalue weighted by Gasteiger charge is -2.09. The Labute approximate surface area is 137 Å². The van der Waals surface area contributed by atoms with Crippen molar-refractivity contribution in [2.24, 2.45) is 0 Å². The molecule has 0 spiro atoms. The zero-order valence-electron chi connectivity index (χ0n) is 12.6. The van der Waals surface area contributed by atoms with E-state index in [9.17, 15) is 14.9 Å². The van der Waals surface area contributed by atoms with Crippen LogP contribution in [0.15, 0.2) is 52.3 Å². The maximum absolute atomic E-state index is 12.1. The van der Waals surface area contributed by atoms with Crippen molar-refractivity contribution in [1.29, 1.82) is 0 Å². The second-order valence-corrected chi connectivity index (χ2v) is 5.55. The highest BCUT2D eigenvalue weighted by Gasteiger charge is 2.18. The van der Waals surface area contributed by atoms with Crippen LogP contribution in [-0.2, 0) is 4.74 Å². The molecule has 7 heteroatoms. The number of carbonyl (C=O) groups excluding carboxylic acids is 1. The standard InChI is InChI=1S/C16H15NO5S/c1-3-22-16(18)14-10-11(17(19)20)4-9-15(14)23-13-7-5-12(21-2)6-8-13/h4-10H,3H2,1-2H3. The Balaban J connectivity index is 2.35. The molecule has 0 unspecified atom stereocenters. The van der Waals surface area contributed by atoms with Crippen LogP contribution in [0.3, 0.4) is 0 Å². The van der Waals surface area contributed by atoms with E-state index in [0.717, 1.165) is 10.6 Å².